The SMILES string of the molecule is CC(C)(C)[Si](OC[C@H]1O[C@@H](n2cnc3c(N)ncnc32)C[C@@H]1OP(O)(=S)OC[C@H]1O[C@@H](n2cnc3c(NC(=O)c4ccccc4)ncnc32)C[C@@H]1O[Si](c1ccccc1)(c1ccccc1)C(C)(C)C)(c1ccccc1)c1ccccc1. The topological polar surface area (TPSA) is 218 Å². The highest BCUT2D eigenvalue weighted by Crippen LogP contribution is 2.51. The van der Waals surface area contributed by atoms with Gasteiger partial charge in [-0.05, 0) is 54.8 Å². The van der Waals surface area contributed by atoms with E-state index in [1.165, 1.54) is 12.7 Å². The summed E-state index contributed by atoms with van der Waals surface area (Å²) in [5, 5.41) is 6.48. The van der Waals surface area contributed by atoms with Gasteiger partial charge in [-0.15, -0.1) is 0 Å². The lowest BCUT2D eigenvalue weighted by Crippen LogP contribution is -2.68. The number of hydrogen-bond donors (Lipinski definition) is 3. The molecule has 6 heterocycles. The summed E-state index contributed by atoms with van der Waals surface area (Å²) < 4.78 is 46.0. The van der Waals surface area contributed by atoms with Crippen molar-refractivity contribution in [3.63, 3.8) is 0 Å². The number of nitrogens with zero attached hydrogens (tertiary/aromatic N) is 8. The summed E-state index contributed by atoms with van der Waals surface area (Å²) >= 11 is 6.01. The molecule has 18 nitrogen and oxygen atoms in total. The van der Waals surface area contributed by atoms with Gasteiger partial charge in [-0.2, -0.15) is 0 Å². The first-order valence-corrected chi connectivity index (χ1v) is 33.3. The van der Waals surface area contributed by atoms with Crippen molar-refractivity contribution in [1.82, 2.24) is 39.0 Å². The van der Waals surface area contributed by atoms with Gasteiger partial charge in [0.15, 0.2) is 28.4 Å². The van der Waals surface area contributed by atoms with Crippen LogP contribution in [-0.4, -0.2) is 104 Å². The largest absolute Gasteiger partial charge is 0.405 e. The van der Waals surface area contributed by atoms with Gasteiger partial charge in [-0.25, -0.2) is 29.9 Å². The van der Waals surface area contributed by atoms with Gasteiger partial charge < -0.3 is 43.3 Å². The fraction of sp³-hybridized carbons (Fsp3) is 0.305. The molecule has 11 rings (SSSR count). The first kappa shape index (κ1) is 56.1. The molecule has 7 atom stereocenters. The first-order chi connectivity index (χ1) is 39.0. The van der Waals surface area contributed by atoms with E-state index in [0.29, 0.717) is 34.3 Å². The molecule has 2 saturated heterocycles. The Balaban J connectivity index is 0.920. The Morgan fingerprint density at radius 2 is 1.07 bits per heavy atom. The molecule has 22 heteroatoms. The van der Waals surface area contributed by atoms with E-state index in [9.17, 15) is 9.69 Å². The van der Waals surface area contributed by atoms with Gasteiger partial charge in [0.2, 0.25) is 0 Å². The zero-order chi connectivity index (χ0) is 56.6. The van der Waals surface area contributed by atoms with E-state index < -0.39 is 65.3 Å². The Bertz CT molecular complexity index is 3600. The third-order valence-corrected chi connectivity index (χ3v) is 26.9. The normalized spacial score (nSPS) is 20.6. The molecule has 4 N–H and O–H groups in total. The number of amides is 1. The van der Waals surface area contributed by atoms with Crippen LogP contribution in [-0.2, 0) is 39.2 Å². The Morgan fingerprint density at radius 1 is 0.630 bits per heavy atom. The van der Waals surface area contributed by atoms with Crippen LogP contribution in [0, 0.1) is 0 Å². The van der Waals surface area contributed by atoms with Crippen LogP contribution in [0.2, 0.25) is 10.1 Å². The summed E-state index contributed by atoms with van der Waals surface area (Å²) in [6.45, 7) is 8.97. The number of carbonyl (C=O) groups is 1. The minimum Gasteiger partial charge on any atom is -0.405 e. The standard InChI is InChI=1S/C59H65N10O8PSSi2/c1-58(2,3)80(41-24-14-8-15-25-41,42-26-16-9-17-27-42)73-35-48-45(32-49(75-48)68-38-65-51-53(60)61-36-63-55(51)68)76-78(71,79)72-34-47-46(77-81(59(4,5)6,43-28-18-10-19-29-43)44-30-20-11-21-31-44)33-50(74-47)69-39-66-52-54(62-37-64-56(52)69)67-57(70)40-22-12-7-13-23-40/h7-31,36-39,45-50H,32-35H2,1-6H3,(H,71,79)(H2,60,61,63)(H,62,64,67,70)/t45-,46-,47+,48+,49+,50+,78?/m0/s1. The number of anilines is 2. The minimum atomic E-state index is -4.16. The number of nitrogens with one attached hydrogen (secondary N) is 1. The Morgan fingerprint density at radius 3 is 1.59 bits per heavy atom. The van der Waals surface area contributed by atoms with Crippen LogP contribution in [0.15, 0.2) is 177 Å². The molecular weight excluding hydrogens is 1100 g/mol. The van der Waals surface area contributed by atoms with Crippen molar-refractivity contribution in [2.24, 2.45) is 0 Å². The predicted octanol–water partition coefficient (Wildman–Crippen LogP) is 8.22. The molecule has 0 radical (unpaired) electrons. The third-order valence-electron chi connectivity index (χ3n) is 15.3. The summed E-state index contributed by atoms with van der Waals surface area (Å²) in [4.78, 5) is 52.8. The van der Waals surface area contributed by atoms with Crippen molar-refractivity contribution in [2.75, 3.05) is 24.3 Å². The van der Waals surface area contributed by atoms with Crippen LogP contribution in [0.25, 0.3) is 22.3 Å². The maximum atomic E-state index is 13.4. The summed E-state index contributed by atoms with van der Waals surface area (Å²) in [7, 11) is -6.34. The lowest BCUT2D eigenvalue weighted by molar-refractivity contribution is -0.0478. The van der Waals surface area contributed by atoms with E-state index >= 15 is 0 Å². The average Bonchev–Trinajstić information content (AvgIpc) is 4.45. The van der Waals surface area contributed by atoms with Gasteiger partial charge >= 0.3 is 6.72 Å². The van der Waals surface area contributed by atoms with Gasteiger partial charge in [0, 0.05) is 18.4 Å². The number of hydrogen-bond acceptors (Lipinski definition) is 15. The number of nitrogens with two attached hydrogens (primary N) is 1. The molecule has 5 aromatic carbocycles. The van der Waals surface area contributed by atoms with Gasteiger partial charge in [-0.1, -0.05) is 181 Å². The number of ether oxygens (including phenoxy) is 2. The van der Waals surface area contributed by atoms with Gasteiger partial charge in [0.05, 0.1) is 38.1 Å². The molecule has 0 spiro atoms. The van der Waals surface area contributed by atoms with Gasteiger partial charge in [0.1, 0.15) is 42.8 Å². The highest BCUT2D eigenvalue weighted by atomic mass is 32.5. The van der Waals surface area contributed by atoms with Crippen LogP contribution in [0.3, 0.4) is 0 Å². The highest BCUT2D eigenvalue weighted by Gasteiger charge is 2.55. The van der Waals surface area contributed by atoms with E-state index in [1.54, 1.807) is 41.5 Å². The maximum absolute atomic E-state index is 13.4. The number of imidazole rings is 2. The van der Waals surface area contributed by atoms with E-state index in [0.717, 1.165) is 20.7 Å². The van der Waals surface area contributed by atoms with E-state index in [4.69, 9.17) is 49.9 Å². The molecule has 0 saturated carbocycles. The number of rotatable bonds is 18. The third kappa shape index (κ3) is 11.1. The lowest BCUT2D eigenvalue weighted by Gasteiger charge is -2.45. The smallest absolute Gasteiger partial charge is 0.324 e. The van der Waals surface area contributed by atoms with Crippen LogP contribution in [0.5, 0.6) is 0 Å². The van der Waals surface area contributed by atoms with E-state index in [2.05, 4.69) is 120 Å². The molecule has 2 aliphatic rings. The Kier molecular flexibility index (Phi) is 15.9. The summed E-state index contributed by atoms with van der Waals surface area (Å²) in [6, 6.07) is 50.3. The maximum Gasteiger partial charge on any atom is 0.324 e. The zero-order valence-corrected chi connectivity index (χ0v) is 49.6. The number of aromatic nitrogens is 8. The molecule has 1 amide bonds. The van der Waals surface area contributed by atoms with Crippen LogP contribution >= 0.6 is 6.72 Å². The van der Waals surface area contributed by atoms with Crippen molar-refractivity contribution in [1.29, 1.82) is 0 Å². The van der Waals surface area contributed by atoms with Crippen molar-refractivity contribution < 1.29 is 37.1 Å². The van der Waals surface area contributed by atoms with Gasteiger partial charge in [0.25, 0.3) is 22.5 Å². The van der Waals surface area contributed by atoms with Gasteiger partial charge in [-0.3, -0.25) is 13.9 Å². The number of carbonyl (C=O) groups excluding carboxylic acids is 1. The molecule has 0 aliphatic carbocycles. The second-order valence-corrected chi connectivity index (χ2v) is 33.7. The van der Waals surface area contributed by atoms with Crippen molar-refractivity contribution >= 4 is 95.8 Å². The summed E-state index contributed by atoms with van der Waals surface area (Å²) in [6.07, 6.45) is 2.13. The molecule has 81 heavy (non-hydrogen) atoms. The summed E-state index contributed by atoms with van der Waals surface area (Å²) in [5.41, 5.74) is 8.43. The molecule has 2 fully saturated rings. The van der Waals surface area contributed by atoms with Crippen molar-refractivity contribution in [3.8, 4) is 0 Å². The Labute approximate surface area is 477 Å². The minimum absolute atomic E-state index is 0.0788. The number of fused-ring (bicyclic) bond motifs is 2. The molecule has 418 valence electrons. The zero-order valence-electron chi connectivity index (χ0n) is 45.9. The van der Waals surface area contributed by atoms with Crippen LogP contribution < -0.4 is 31.8 Å². The van der Waals surface area contributed by atoms with Crippen LogP contribution in [0.1, 0.15) is 77.2 Å². The van der Waals surface area contributed by atoms with E-state index in [-0.39, 0.29) is 42.2 Å². The second kappa shape index (κ2) is 22.9. The number of nitrogen functional groups attached to an aromatic ring is 1. The van der Waals surface area contributed by atoms with E-state index in [1.807, 2.05) is 83.4 Å². The lowest BCUT2D eigenvalue weighted by atomic mass is 10.2. The molecule has 9 aromatic rings. The fourth-order valence-electron chi connectivity index (χ4n) is 11.5. The fourth-order valence-corrected chi connectivity index (χ4v) is 22.3. The summed E-state index contributed by atoms with van der Waals surface area (Å²) in [5.74, 6) is 0.138. The van der Waals surface area contributed by atoms with Crippen molar-refractivity contribution in [2.45, 2.75) is 101 Å². The monoisotopic (exact) mass is 1160 g/mol. The molecular formula is C59H65N10O8PSSi2. The molecule has 0 bridgehead atoms. The Hall–Kier alpha value is -6.73. The first-order valence-electron chi connectivity index (χ1n) is 26.9. The average molecular weight is 1160 g/mol. The second-order valence-electron chi connectivity index (χ2n) is 22.4. The molecule has 1 unspecified atom stereocenters. The molecule has 2 aliphatic heterocycles. The highest BCUT2D eigenvalue weighted by molar-refractivity contribution is 8.07. The number of benzene rings is 5. The predicted molar refractivity (Wildman–Crippen MR) is 320 cm³/mol. The van der Waals surface area contributed by atoms with Crippen LogP contribution in [0.4, 0.5) is 11.6 Å². The molecule has 4 aromatic heterocycles. The quantitative estimate of drug-likeness (QED) is 0.0545. The van der Waals surface area contributed by atoms with Crippen molar-refractivity contribution in [3.05, 3.63) is 183 Å².